The van der Waals surface area contributed by atoms with E-state index in [0.29, 0.717) is 19.3 Å². The van der Waals surface area contributed by atoms with E-state index in [1.54, 1.807) is 0 Å². The summed E-state index contributed by atoms with van der Waals surface area (Å²) in [6, 6.07) is 0. The van der Waals surface area contributed by atoms with Gasteiger partial charge in [-0.15, -0.1) is 0 Å². The normalized spacial score (nSPS) is 12.0. The third-order valence-electron chi connectivity index (χ3n) is 12.7. The van der Waals surface area contributed by atoms with Gasteiger partial charge in [-0.3, -0.25) is 14.4 Å². The summed E-state index contributed by atoms with van der Waals surface area (Å²) in [6.45, 7) is 11.3. The second-order valence-corrected chi connectivity index (χ2v) is 20.2. The van der Waals surface area contributed by atoms with Gasteiger partial charge in [0, 0.05) is 19.3 Å². The Labute approximate surface area is 387 Å². The predicted molar refractivity (Wildman–Crippen MR) is 266 cm³/mol. The zero-order chi connectivity index (χ0) is 45.4. The van der Waals surface area contributed by atoms with Crippen molar-refractivity contribution in [1.29, 1.82) is 0 Å². The van der Waals surface area contributed by atoms with Gasteiger partial charge >= 0.3 is 17.9 Å². The Kier molecular flexibility index (Phi) is 47.6. The van der Waals surface area contributed by atoms with Crippen LogP contribution < -0.4 is 0 Å². The van der Waals surface area contributed by atoms with Gasteiger partial charge in [0.1, 0.15) is 13.2 Å². The number of unbranched alkanes of at least 4 members (excludes halogenated alkanes) is 35. The minimum absolute atomic E-state index is 0.0640. The lowest BCUT2D eigenvalue weighted by atomic mass is 10.0. The van der Waals surface area contributed by atoms with Crippen molar-refractivity contribution in [1.82, 2.24) is 0 Å². The minimum atomic E-state index is -0.762. The largest absolute Gasteiger partial charge is 0.462 e. The molecule has 0 radical (unpaired) electrons. The van der Waals surface area contributed by atoms with Gasteiger partial charge in [-0.25, -0.2) is 0 Å². The van der Waals surface area contributed by atoms with E-state index in [9.17, 15) is 14.4 Å². The highest BCUT2D eigenvalue weighted by molar-refractivity contribution is 5.71. The van der Waals surface area contributed by atoms with E-state index in [4.69, 9.17) is 14.2 Å². The quantitative estimate of drug-likeness (QED) is 0.0344. The zero-order valence-electron chi connectivity index (χ0n) is 42.5. The maximum atomic E-state index is 12.8. The van der Waals surface area contributed by atoms with Crippen LogP contribution in [0.2, 0.25) is 0 Å². The highest BCUT2D eigenvalue weighted by atomic mass is 16.6. The molecule has 0 fully saturated rings. The van der Waals surface area contributed by atoms with E-state index in [0.717, 1.165) is 69.6 Å². The average Bonchev–Trinajstić information content (AvgIpc) is 3.24. The fourth-order valence-electron chi connectivity index (χ4n) is 8.52. The number of ether oxygens (including phenoxy) is 3. The summed E-state index contributed by atoms with van der Waals surface area (Å²) in [5, 5.41) is 0. The molecule has 0 aliphatic rings. The Hall–Kier alpha value is -1.59. The third kappa shape index (κ3) is 49.4. The number of esters is 3. The first kappa shape index (κ1) is 60.4. The van der Waals surface area contributed by atoms with Gasteiger partial charge < -0.3 is 14.2 Å². The average molecular weight is 877 g/mol. The molecule has 0 aromatic carbocycles. The Balaban J connectivity index is 4.22. The molecule has 0 spiro atoms. The van der Waals surface area contributed by atoms with Gasteiger partial charge in [-0.1, -0.05) is 272 Å². The van der Waals surface area contributed by atoms with Crippen molar-refractivity contribution in [2.75, 3.05) is 13.2 Å². The maximum absolute atomic E-state index is 12.8. The first-order valence-electron chi connectivity index (χ1n) is 27.7. The highest BCUT2D eigenvalue weighted by Crippen LogP contribution is 2.18. The summed E-state index contributed by atoms with van der Waals surface area (Å²) in [5.74, 6) is 0.764. The molecule has 0 heterocycles. The number of carbonyl (C=O) groups is 3. The molecule has 1 atom stereocenters. The Morgan fingerprint density at radius 1 is 0.306 bits per heavy atom. The van der Waals surface area contributed by atoms with Crippen molar-refractivity contribution in [2.45, 2.75) is 317 Å². The van der Waals surface area contributed by atoms with Crippen molar-refractivity contribution in [3.8, 4) is 0 Å². The van der Waals surface area contributed by atoms with Crippen LogP contribution in [0.1, 0.15) is 311 Å². The van der Waals surface area contributed by atoms with Crippen LogP contribution >= 0.6 is 0 Å². The summed E-state index contributed by atoms with van der Waals surface area (Å²) in [6.07, 6.45) is 51.1. The molecule has 0 unspecified atom stereocenters. The fraction of sp³-hybridized carbons (Fsp3) is 0.946. The van der Waals surface area contributed by atoms with Crippen LogP contribution in [0, 0.1) is 11.8 Å². The molecule has 0 N–H and O–H groups in total. The standard InChI is InChI=1S/C56H108O6/c1-6-7-8-9-10-11-12-13-14-15-16-17-18-19-23-26-31-36-41-46-54(57)60-49-53(62-56(59)48-43-38-33-28-30-35-40-45-52(4)5)50-61-55(58)47-42-37-32-27-24-21-20-22-25-29-34-39-44-51(2)3/h51-53H,6-50H2,1-5H3/t53-/m0/s1. The number of carbonyl (C=O) groups excluding carboxylic acids is 3. The first-order chi connectivity index (χ1) is 30.2. The number of hydrogen-bond acceptors (Lipinski definition) is 6. The van der Waals surface area contributed by atoms with Gasteiger partial charge in [-0.2, -0.15) is 0 Å². The van der Waals surface area contributed by atoms with E-state index in [-0.39, 0.29) is 31.1 Å². The molecule has 6 nitrogen and oxygen atoms in total. The van der Waals surface area contributed by atoms with Crippen molar-refractivity contribution < 1.29 is 28.6 Å². The van der Waals surface area contributed by atoms with Crippen LogP contribution in [0.4, 0.5) is 0 Å². The van der Waals surface area contributed by atoms with Crippen LogP contribution in [-0.4, -0.2) is 37.2 Å². The van der Waals surface area contributed by atoms with E-state index in [2.05, 4.69) is 34.6 Å². The molecule has 0 aromatic heterocycles. The van der Waals surface area contributed by atoms with Gasteiger partial charge in [0.05, 0.1) is 0 Å². The van der Waals surface area contributed by atoms with Gasteiger partial charge in [-0.05, 0) is 31.1 Å². The summed E-state index contributed by atoms with van der Waals surface area (Å²) in [5.41, 5.74) is 0. The smallest absolute Gasteiger partial charge is 0.306 e. The van der Waals surface area contributed by atoms with Crippen LogP contribution in [0.25, 0.3) is 0 Å². The lowest BCUT2D eigenvalue weighted by Crippen LogP contribution is -2.30. The summed E-state index contributed by atoms with van der Waals surface area (Å²) < 4.78 is 16.8. The Morgan fingerprint density at radius 3 is 0.790 bits per heavy atom. The van der Waals surface area contributed by atoms with Crippen molar-refractivity contribution in [3.05, 3.63) is 0 Å². The van der Waals surface area contributed by atoms with Crippen LogP contribution in [-0.2, 0) is 28.6 Å². The molecule has 0 aliphatic carbocycles. The molecule has 6 heteroatoms. The van der Waals surface area contributed by atoms with Crippen LogP contribution in [0.15, 0.2) is 0 Å². The van der Waals surface area contributed by atoms with Gasteiger partial charge in [0.25, 0.3) is 0 Å². The van der Waals surface area contributed by atoms with Crippen LogP contribution in [0.3, 0.4) is 0 Å². The minimum Gasteiger partial charge on any atom is -0.462 e. The summed E-state index contributed by atoms with van der Waals surface area (Å²) in [4.78, 5) is 38.0. The molecule has 0 saturated carbocycles. The maximum Gasteiger partial charge on any atom is 0.306 e. The van der Waals surface area contributed by atoms with Crippen molar-refractivity contribution >= 4 is 17.9 Å². The molecular weight excluding hydrogens is 769 g/mol. The Bertz CT molecular complexity index is 947. The first-order valence-corrected chi connectivity index (χ1v) is 27.7. The topological polar surface area (TPSA) is 78.9 Å². The van der Waals surface area contributed by atoms with Crippen molar-refractivity contribution in [2.24, 2.45) is 11.8 Å². The molecule has 0 rings (SSSR count). The monoisotopic (exact) mass is 877 g/mol. The lowest BCUT2D eigenvalue weighted by Gasteiger charge is -2.18. The SMILES string of the molecule is CCCCCCCCCCCCCCCCCCCCCC(=O)OC[C@@H](COC(=O)CCCCCCCCCCCCCCC(C)C)OC(=O)CCCCCCCCCC(C)C. The molecular formula is C56H108O6. The molecule has 368 valence electrons. The van der Waals surface area contributed by atoms with E-state index in [1.165, 1.54) is 199 Å². The highest BCUT2D eigenvalue weighted by Gasteiger charge is 2.19. The second kappa shape index (κ2) is 48.9. The molecule has 0 aromatic rings. The number of hydrogen-bond donors (Lipinski definition) is 0. The Morgan fingerprint density at radius 2 is 0.532 bits per heavy atom. The second-order valence-electron chi connectivity index (χ2n) is 20.2. The van der Waals surface area contributed by atoms with Crippen LogP contribution in [0.5, 0.6) is 0 Å². The molecule has 0 saturated heterocycles. The van der Waals surface area contributed by atoms with Crippen molar-refractivity contribution in [3.63, 3.8) is 0 Å². The van der Waals surface area contributed by atoms with E-state index < -0.39 is 6.10 Å². The zero-order valence-corrected chi connectivity index (χ0v) is 42.5. The molecule has 0 aliphatic heterocycles. The predicted octanol–water partition coefficient (Wildman–Crippen LogP) is 18.1. The molecule has 0 bridgehead atoms. The lowest BCUT2D eigenvalue weighted by molar-refractivity contribution is -0.167. The van der Waals surface area contributed by atoms with E-state index >= 15 is 0 Å². The van der Waals surface area contributed by atoms with Gasteiger partial charge in [0.2, 0.25) is 0 Å². The fourth-order valence-corrected chi connectivity index (χ4v) is 8.52. The van der Waals surface area contributed by atoms with Gasteiger partial charge in [0.15, 0.2) is 6.10 Å². The third-order valence-corrected chi connectivity index (χ3v) is 12.7. The molecule has 0 amide bonds. The number of rotatable bonds is 50. The summed E-state index contributed by atoms with van der Waals surface area (Å²) >= 11 is 0. The summed E-state index contributed by atoms with van der Waals surface area (Å²) in [7, 11) is 0. The van der Waals surface area contributed by atoms with E-state index in [1.807, 2.05) is 0 Å². The molecule has 62 heavy (non-hydrogen) atoms.